The second kappa shape index (κ2) is 6.47. The predicted molar refractivity (Wildman–Crippen MR) is 87.6 cm³/mol. The third kappa shape index (κ3) is 3.25. The number of nitrogens with zero attached hydrogens (tertiary/aromatic N) is 2. The number of anilines is 1. The first-order valence-corrected chi connectivity index (χ1v) is 7.75. The molecule has 1 saturated heterocycles. The zero-order valence-corrected chi connectivity index (χ0v) is 13.2. The first kappa shape index (κ1) is 15.6. The molecule has 3 unspecified atom stereocenters. The van der Waals surface area contributed by atoms with Gasteiger partial charge in [0.25, 0.3) is 0 Å². The monoisotopic (exact) mass is 315 g/mol. The van der Waals surface area contributed by atoms with Crippen molar-refractivity contribution in [2.45, 2.75) is 32.6 Å². The highest BCUT2D eigenvalue weighted by molar-refractivity contribution is 5.82. The summed E-state index contributed by atoms with van der Waals surface area (Å²) in [6.07, 6.45) is 0.00573. The third-order valence-corrected chi connectivity index (χ3v) is 4.16. The van der Waals surface area contributed by atoms with Crippen molar-refractivity contribution in [3.05, 3.63) is 30.0 Å². The summed E-state index contributed by atoms with van der Waals surface area (Å²) in [4.78, 5) is 21.1. The molecule has 4 N–H and O–H groups in total. The van der Waals surface area contributed by atoms with Gasteiger partial charge in [0.2, 0.25) is 11.9 Å². The Morgan fingerprint density at radius 3 is 2.83 bits per heavy atom. The molecule has 0 aliphatic carbocycles. The molecule has 1 amide bonds. The fourth-order valence-corrected chi connectivity index (χ4v) is 2.92. The molecular weight excluding hydrogens is 294 g/mol. The van der Waals surface area contributed by atoms with Crippen LogP contribution in [0.2, 0.25) is 0 Å². The molecule has 1 fully saturated rings. The number of hydrogen-bond donors (Lipinski definition) is 4. The Morgan fingerprint density at radius 2 is 2.09 bits per heavy atom. The summed E-state index contributed by atoms with van der Waals surface area (Å²) in [5, 5.41) is 19.3. The molecule has 3 atom stereocenters. The molecule has 0 spiro atoms. The molecule has 3 rings (SSSR count). The SMILES string of the molecule is Cc1nc(NC2NC(=O)C(CCO)C(C)N2)nc2ccccc12. The standard InChI is InChI=1S/C16H21N5O2/c1-9-11-5-3-4-6-13(11)19-15(17-9)21-16-18-10(2)12(7-8-22)14(23)20-16/h3-6,10,12,16,18,22H,7-8H2,1-2H3,(H,20,23)(H,17,19,21). The summed E-state index contributed by atoms with van der Waals surface area (Å²) >= 11 is 0. The number of aromatic nitrogens is 2. The molecule has 1 aliphatic rings. The van der Waals surface area contributed by atoms with Crippen LogP contribution >= 0.6 is 0 Å². The average molecular weight is 315 g/mol. The van der Waals surface area contributed by atoms with Crippen molar-refractivity contribution in [2.24, 2.45) is 5.92 Å². The van der Waals surface area contributed by atoms with Crippen molar-refractivity contribution >= 4 is 22.8 Å². The quantitative estimate of drug-likeness (QED) is 0.664. The van der Waals surface area contributed by atoms with Crippen LogP contribution < -0.4 is 16.0 Å². The van der Waals surface area contributed by atoms with E-state index in [4.69, 9.17) is 5.11 Å². The molecule has 0 radical (unpaired) electrons. The molecule has 0 bridgehead atoms. The topological polar surface area (TPSA) is 99.2 Å². The Balaban J connectivity index is 1.76. The Labute approximate surface area is 134 Å². The lowest BCUT2D eigenvalue weighted by atomic mass is 9.95. The number of para-hydroxylation sites is 1. The van der Waals surface area contributed by atoms with Gasteiger partial charge in [0.1, 0.15) is 0 Å². The first-order valence-electron chi connectivity index (χ1n) is 7.75. The number of aliphatic hydroxyl groups is 1. The number of aryl methyl sites for hydroxylation is 1. The van der Waals surface area contributed by atoms with Crippen LogP contribution in [0.4, 0.5) is 5.95 Å². The largest absolute Gasteiger partial charge is 0.396 e. The van der Waals surface area contributed by atoms with Crippen LogP contribution in [0, 0.1) is 12.8 Å². The van der Waals surface area contributed by atoms with Gasteiger partial charge in [-0.15, -0.1) is 0 Å². The first-order chi connectivity index (χ1) is 11.1. The van der Waals surface area contributed by atoms with Crippen LogP contribution in [0.25, 0.3) is 10.9 Å². The molecule has 1 aromatic carbocycles. The third-order valence-electron chi connectivity index (χ3n) is 4.16. The van der Waals surface area contributed by atoms with Crippen LogP contribution in [0.15, 0.2) is 24.3 Å². The highest BCUT2D eigenvalue weighted by Gasteiger charge is 2.33. The molecule has 23 heavy (non-hydrogen) atoms. The lowest BCUT2D eigenvalue weighted by Crippen LogP contribution is -2.63. The average Bonchev–Trinajstić information content (AvgIpc) is 2.51. The van der Waals surface area contributed by atoms with E-state index in [1.54, 1.807) is 0 Å². The van der Waals surface area contributed by atoms with Crippen molar-refractivity contribution in [1.82, 2.24) is 20.6 Å². The van der Waals surface area contributed by atoms with Crippen molar-refractivity contribution in [3.8, 4) is 0 Å². The maximum atomic E-state index is 12.1. The van der Waals surface area contributed by atoms with E-state index in [0.29, 0.717) is 12.4 Å². The zero-order chi connectivity index (χ0) is 16.4. The number of carbonyl (C=O) groups is 1. The minimum absolute atomic E-state index is 0.00478. The molecule has 7 nitrogen and oxygen atoms in total. The molecule has 2 aromatic rings. The highest BCUT2D eigenvalue weighted by Crippen LogP contribution is 2.18. The number of aliphatic hydroxyl groups excluding tert-OH is 1. The summed E-state index contributed by atoms with van der Waals surface area (Å²) in [7, 11) is 0. The Kier molecular flexibility index (Phi) is 4.40. The van der Waals surface area contributed by atoms with Crippen molar-refractivity contribution in [3.63, 3.8) is 0 Å². The zero-order valence-electron chi connectivity index (χ0n) is 13.2. The second-order valence-corrected chi connectivity index (χ2v) is 5.81. The van der Waals surface area contributed by atoms with E-state index in [2.05, 4.69) is 25.9 Å². The number of fused-ring (bicyclic) bond motifs is 1. The molecule has 2 heterocycles. The van der Waals surface area contributed by atoms with Gasteiger partial charge >= 0.3 is 0 Å². The van der Waals surface area contributed by atoms with E-state index in [1.807, 2.05) is 38.1 Å². The van der Waals surface area contributed by atoms with Gasteiger partial charge < -0.3 is 15.7 Å². The van der Waals surface area contributed by atoms with E-state index >= 15 is 0 Å². The van der Waals surface area contributed by atoms with Crippen molar-refractivity contribution in [1.29, 1.82) is 0 Å². The summed E-state index contributed by atoms with van der Waals surface area (Å²) in [6.45, 7) is 3.86. The van der Waals surface area contributed by atoms with Gasteiger partial charge in [-0.2, -0.15) is 0 Å². The Hall–Kier alpha value is -2.25. The number of nitrogens with one attached hydrogen (secondary N) is 3. The maximum absolute atomic E-state index is 12.1. The minimum atomic E-state index is -0.437. The molecule has 1 aliphatic heterocycles. The summed E-state index contributed by atoms with van der Waals surface area (Å²) < 4.78 is 0. The number of hydrogen-bond acceptors (Lipinski definition) is 6. The summed E-state index contributed by atoms with van der Waals surface area (Å²) in [5.74, 6) is 0.143. The fraction of sp³-hybridized carbons (Fsp3) is 0.438. The fourth-order valence-electron chi connectivity index (χ4n) is 2.92. The van der Waals surface area contributed by atoms with Gasteiger partial charge in [0.05, 0.1) is 17.1 Å². The lowest BCUT2D eigenvalue weighted by Gasteiger charge is -2.35. The van der Waals surface area contributed by atoms with E-state index in [1.165, 1.54) is 0 Å². The Morgan fingerprint density at radius 1 is 1.30 bits per heavy atom. The maximum Gasteiger partial charge on any atom is 0.227 e. The van der Waals surface area contributed by atoms with E-state index in [9.17, 15) is 4.79 Å². The second-order valence-electron chi connectivity index (χ2n) is 5.81. The van der Waals surface area contributed by atoms with E-state index in [-0.39, 0.29) is 24.5 Å². The molecule has 7 heteroatoms. The van der Waals surface area contributed by atoms with E-state index in [0.717, 1.165) is 16.6 Å². The predicted octanol–water partition coefficient (Wildman–Crippen LogP) is 0.740. The van der Waals surface area contributed by atoms with Crippen molar-refractivity contribution in [2.75, 3.05) is 11.9 Å². The van der Waals surface area contributed by atoms with Gasteiger partial charge in [-0.3, -0.25) is 10.1 Å². The Bertz CT molecular complexity index is 721. The molecule has 122 valence electrons. The van der Waals surface area contributed by atoms with E-state index < -0.39 is 6.29 Å². The molecular formula is C16H21N5O2. The number of carbonyl (C=O) groups excluding carboxylic acids is 1. The van der Waals surface area contributed by atoms with Crippen LogP contribution in [-0.2, 0) is 4.79 Å². The molecule has 0 saturated carbocycles. The van der Waals surface area contributed by atoms with Gasteiger partial charge in [-0.05, 0) is 26.3 Å². The van der Waals surface area contributed by atoms with Gasteiger partial charge in [-0.25, -0.2) is 9.97 Å². The normalized spacial score (nSPS) is 24.5. The highest BCUT2D eigenvalue weighted by atomic mass is 16.3. The molecule has 1 aromatic heterocycles. The van der Waals surface area contributed by atoms with Crippen LogP contribution in [0.1, 0.15) is 19.0 Å². The van der Waals surface area contributed by atoms with Gasteiger partial charge in [0.15, 0.2) is 6.29 Å². The van der Waals surface area contributed by atoms with Crippen LogP contribution in [0.5, 0.6) is 0 Å². The summed E-state index contributed by atoms with van der Waals surface area (Å²) in [6, 6.07) is 7.76. The lowest BCUT2D eigenvalue weighted by molar-refractivity contribution is -0.129. The van der Waals surface area contributed by atoms with Crippen LogP contribution in [0.3, 0.4) is 0 Å². The van der Waals surface area contributed by atoms with Gasteiger partial charge in [-0.1, -0.05) is 18.2 Å². The number of benzene rings is 1. The van der Waals surface area contributed by atoms with Crippen LogP contribution in [-0.4, -0.2) is 39.9 Å². The summed E-state index contributed by atoms with van der Waals surface area (Å²) in [5.41, 5.74) is 1.74. The van der Waals surface area contributed by atoms with Crippen molar-refractivity contribution < 1.29 is 9.90 Å². The smallest absolute Gasteiger partial charge is 0.227 e. The van der Waals surface area contributed by atoms with Gasteiger partial charge in [0, 0.05) is 18.0 Å². The number of rotatable bonds is 4. The number of amides is 1. The minimum Gasteiger partial charge on any atom is -0.396 e.